The van der Waals surface area contributed by atoms with E-state index in [4.69, 9.17) is 9.47 Å². The Balaban J connectivity index is 1.40. The van der Waals surface area contributed by atoms with E-state index >= 15 is 0 Å². The Morgan fingerprint density at radius 2 is 1.89 bits per heavy atom. The van der Waals surface area contributed by atoms with E-state index < -0.39 is 5.41 Å². The molecule has 3 N–H and O–H groups in total. The van der Waals surface area contributed by atoms with E-state index in [2.05, 4.69) is 16.0 Å². The number of amides is 2. The molecule has 1 saturated carbocycles. The molecule has 0 atom stereocenters. The van der Waals surface area contributed by atoms with Crippen molar-refractivity contribution in [3.05, 3.63) is 29.8 Å². The maximum absolute atomic E-state index is 12.7. The van der Waals surface area contributed by atoms with E-state index in [9.17, 15) is 9.59 Å². The van der Waals surface area contributed by atoms with Crippen molar-refractivity contribution in [3.8, 4) is 5.75 Å². The van der Waals surface area contributed by atoms with Gasteiger partial charge in [0.05, 0.1) is 12.0 Å². The highest BCUT2D eigenvalue weighted by atomic mass is 16.5. The zero-order valence-corrected chi connectivity index (χ0v) is 16.6. The van der Waals surface area contributed by atoms with Crippen molar-refractivity contribution in [2.24, 2.45) is 5.41 Å². The lowest BCUT2D eigenvalue weighted by Gasteiger charge is -2.35. The number of ether oxygens (including phenoxy) is 2. The van der Waals surface area contributed by atoms with Crippen LogP contribution in [0.2, 0.25) is 0 Å². The van der Waals surface area contributed by atoms with Crippen molar-refractivity contribution >= 4 is 11.8 Å². The highest BCUT2D eigenvalue weighted by Crippen LogP contribution is 2.29. The summed E-state index contributed by atoms with van der Waals surface area (Å²) in [6.45, 7) is 2.78. The fourth-order valence-corrected chi connectivity index (χ4v) is 3.52. The number of methoxy groups -OCH3 is 1. The Bertz CT molecular complexity index is 647. The van der Waals surface area contributed by atoms with Crippen molar-refractivity contribution < 1.29 is 19.1 Å². The first-order valence-corrected chi connectivity index (χ1v) is 10.1. The standard InChI is InChI=1S/C21H31N3O4/c1-27-15-21(9-12-22-13-10-21)20(26)23-11-8-16-2-6-18(7-3-16)28-14-19(25)24-17-4-5-17/h2-3,6-7,17,22H,4-5,8-15H2,1H3,(H,23,26)(H,24,25). The molecule has 3 rings (SSSR count). The quantitative estimate of drug-likeness (QED) is 0.556. The minimum absolute atomic E-state index is 0.0440. The molecule has 2 aliphatic rings. The maximum Gasteiger partial charge on any atom is 0.258 e. The van der Waals surface area contributed by atoms with Crippen molar-refractivity contribution in [2.45, 2.75) is 38.1 Å². The summed E-state index contributed by atoms with van der Waals surface area (Å²) in [7, 11) is 1.65. The Hall–Kier alpha value is -2.12. The topological polar surface area (TPSA) is 88.7 Å². The predicted molar refractivity (Wildman–Crippen MR) is 106 cm³/mol. The predicted octanol–water partition coefficient (Wildman–Crippen LogP) is 1.02. The van der Waals surface area contributed by atoms with Crippen LogP contribution in [0.1, 0.15) is 31.2 Å². The van der Waals surface area contributed by atoms with Crippen LogP contribution in [0.5, 0.6) is 5.75 Å². The van der Waals surface area contributed by atoms with Crippen molar-refractivity contribution in [3.63, 3.8) is 0 Å². The number of carbonyl (C=O) groups excluding carboxylic acids is 2. The van der Waals surface area contributed by atoms with E-state index in [0.717, 1.165) is 50.8 Å². The molecule has 154 valence electrons. The van der Waals surface area contributed by atoms with Gasteiger partial charge < -0.3 is 25.4 Å². The van der Waals surface area contributed by atoms with Gasteiger partial charge in [-0.2, -0.15) is 0 Å². The van der Waals surface area contributed by atoms with Gasteiger partial charge in [-0.25, -0.2) is 0 Å². The van der Waals surface area contributed by atoms with Crippen molar-refractivity contribution in [2.75, 3.05) is 40.0 Å². The first-order valence-electron chi connectivity index (χ1n) is 10.1. The Morgan fingerprint density at radius 3 is 2.54 bits per heavy atom. The van der Waals surface area contributed by atoms with Crippen LogP contribution in [0.15, 0.2) is 24.3 Å². The van der Waals surface area contributed by atoms with Gasteiger partial charge in [0.1, 0.15) is 5.75 Å². The van der Waals surface area contributed by atoms with Crippen LogP contribution < -0.4 is 20.7 Å². The third-order valence-corrected chi connectivity index (χ3v) is 5.40. The lowest BCUT2D eigenvalue weighted by atomic mass is 9.78. The van der Waals surface area contributed by atoms with Crippen LogP contribution >= 0.6 is 0 Å². The molecule has 1 aromatic rings. The summed E-state index contributed by atoms with van der Waals surface area (Å²) in [5, 5.41) is 9.27. The summed E-state index contributed by atoms with van der Waals surface area (Å²) < 4.78 is 10.8. The van der Waals surface area contributed by atoms with Gasteiger partial charge in [0.15, 0.2) is 6.61 Å². The average molecular weight is 389 g/mol. The van der Waals surface area contributed by atoms with Crippen LogP contribution in [0, 0.1) is 5.41 Å². The van der Waals surface area contributed by atoms with Crippen LogP contribution in [-0.2, 0) is 20.7 Å². The SMILES string of the molecule is COCC1(C(=O)NCCc2ccc(OCC(=O)NC3CC3)cc2)CCNCC1. The fraction of sp³-hybridized carbons (Fsp3) is 0.619. The first-order chi connectivity index (χ1) is 13.6. The van der Waals surface area contributed by atoms with E-state index in [1.807, 2.05) is 24.3 Å². The van der Waals surface area contributed by atoms with Gasteiger partial charge in [0.2, 0.25) is 5.91 Å². The maximum atomic E-state index is 12.7. The number of piperidine rings is 1. The second-order valence-electron chi connectivity index (χ2n) is 7.74. The van der Waals surface area contributed by atoms with Crippen LogP contribution in [0.4, 0.5) is 0 Å². The Kier molecular flexibility index (Phi) is 7.28. The number of rotatable bonds is 10. The first kappa shape index (κ1) is 20.6. The largest absolute Gasteiger partial charge is 0.484 e. The molecule has 28 heavy (non-hydrogen) atoms. The van der Waals surface area contributed by atoms with Gasteiger partial charge >= 0.3 is 0 Å². The van der Waals surface area contributed by atoms with Crippen LogP contribution in [0.25, 0.3) is 0 Å². The average Bonchev–Trinajstić information content (AvgIpc) is 3.52. The van der Waals surface area contributed by atoms with Crippen LogP contribution in [0.3, 0.4) is 0 Å². The summed E-state index contributed by atoms with van der Waals surface area (Å²) in [4.78, 5) is 24.4. The second-order valence-corrected chi connectivity index (χ2v) is 7.74. The molecule has 7 nitrogen and oxygen atoms in total. The molecule has 1 aromatic carbocycles. The third-order valence-electron chi connectivity index (χ3n) is 5.40. The molecular formula is C21H31N3O4. The summed E-state index contributed by atoms with van der Waals surface area (Å²) in [5.74, 6) is 0.683. The Morgan fingerprint density at radius 1 is 1.18 bits per heavy atom. The van der Waals surface area contributed by atoms with E-state index in [-0.39, 0.29) is 18.4 Å². The van der Waals surface area contributed by atoms with Gasteiger partial charge in [-0.3, -0.25) is 9.59 Å². The number of nitrogens with one attached hydrogen (secondary N) is 3. The second kappa shape index (κ2) is 9.89. The van der Waals surface area contributed by atoms with Gasteiger partial charge in [-0.05, 0) is 62.9 Å². The minimum atomic E-state index is -0.418. The minimum Gasteiger partial charge on any atom is -0.484 e. The zero-order valence-electron chi connectivity index (χ0n) is 16.6. The number of carbonyl (C=O) groups is 2. The van der Waals surface area contributed by atoms with E-state index in [1.54, 1.807) is 7.11 Å². The molecule has 0 spiro atoms. The van der Waals surface area contributed by atoms with Gasteiger partial charge in [-0.15, -0.1) is 0 Å². The lowest BCUT2D eigenvalue weighted by molar-refractivity contribution is -0.136. The zero-order chi connectivity index (χ0) is 19.8. The highest BCUT2D eigenvalue weighted by Gasteiger charge is 2.39. The summed E-state index contributed by atoms with van der Waals surface area (Å²) in [6.07, 6.45) is 4.48. The summed E-state index contributed by atoms with van der Waals surface area (Å²) in [6, 6.07) is 8.01. The van der Waals surface area contributed by atoms with Crippen LogP contribution in [-0.4, -0.2) is 57.8 Å². The van der Waals surface area contributed by atoms with E-state index in [1.165, 1.54) is 0 Å². The van der Waals surface area contributed by atoms with Gasteiger partial charge in [-0.1, -0.05) is 12.1 Å². The van der Waals surface area contributed by atoms with Crippen molar-refractivity contribution in [1.82, 2.24) is 16.0 Å². The number of hydrogen-bond acceptors (Lipinski definition) is 5. The molecule has 1 aliphatic heterocycles. The summed E-state index contributed by atoms with van der Waals surface area (Å²) in [5.41, 5.74) is 0.694. The molecule has 0 aromatic heterocycles. The van der Waals surface area contributed by atoms with Gasteiger partial charge in [0, 0.05) is 19.7 Å². The molecule has 1 saturated heterocycles. The third kappa shape index (κ3) is 5.94. The molecule has 1 heterocycles. The molecular weight excluding hydrogens is 358 g/mol. The molecule has 0 bridgehead atoms. The normalized spacial score (nSPS) is 18.3. The Labute approximate surface area is 166 Å². The fourth-order valence-electron chi connectivity index (χ4n) is 3.52. The molecule has 2 amide bonds. The number of hydrogen-bond donors (Lipinski definition) is 3. The van der Waals surface area contributed by atoms with E-state index in [0.29, 0.717) is 24.9 Å². The molecule has 7 heteroatoms. The summed E-state index contributed by atoms with van der Waals surface area (Å²) >= 11 is 0. The van der Waals surface area contributed by atoms with Crippen molar-refractivity contribution in [1.29, 1.82) is 0 Å². The highest BCUT2D eigenvalue weighted by molar-refractivity contribution is 5.83. The van der Waals surface area contributed by atoms with Gasteiger partial charge in [0.25, 0.3) is 5.91 Å². The molecule has 2 fully saturated rings. The molecule has 0 radical (unpaired) electrons. The molecule has 1 aliphatic carbocycles. The molecule has 0 unspecified atom stereocenters. The monoisotopic (exact) mass is 389 g/mol. The number of benzene rings is 1. The lowest BCUT2D eigenvalue weighted by Crippen LogP contribution is -2.50. The smallest absolute Gasteiger partial charge is 0.258 e.